The summed E-state index contributed by atoms with van der Waals surface area (Å²) in [5.74, 6) is 0.893. The molecule has 0 amide bonds. The quantitative estimate of drug-likeness (QED) is 0.499. The Morgan fingerprint density at radius 2 is 2.25 bits per heavy atom. The molecule has 1 aliphatic heterocycles. The zero-order valence-corrected chi connectivity index (χ0v) is 8.58. The first kappa shape index (κ1) is 9.39. The number of hydrogen-bond donors (Lipinski definition) is 0. The van der Waals surface area contributed by atoms with E-state index in [1.54, 1.807) is 12.2 Å². The van der Waals surface area contributed by atoms with Crippen molar-refractivity contribution >= 4 is 0 Å². The fourth-order valence-corrected chi connectivity index (χ4v) is 2.63. The Labute approximate surface area is 92.7 Å². The van der Waals surface area contributed by atoms with Gasteiger partial charge in [-0.3, -0.25) is 10.1 Å². The molecule has 1 saturated heterocycles. The molecule has 3 rings (SSSR count). The van der Waals surface area contributed by atoms with Crippen molar-refractivity contribution in [2.45, 2.75) is 12.5 Å². The zero-order chi connectivity index (χ0) is 11.1. The van der Waals surface area contributed by atoms with E-state index in [1.807, 2.05) is 24.3 Å². The van der Waals surface area contributed by atoms with Crippen molar-refractivity contribution in [2.75, 3.05) is 0 Å². The van der Waals surface area contributed by atoms with Gasteiger partial charge in [-0.1, -0.05) is 18.2 Å². The van der Waals surface area contributed by atoms with Crippen molar-refractivity contribution in [3.05, 3.63) is 58.0 Å². The summed E-state index contributed by atoms with van der Waals surface area (Å²) in [4.78, 5) is 10.7. The summed E-state index contributed by atoms with van der Waals surface area (Å²) >= 11 is 0. The Hall–Kier alpha value is -1.84. The van der Waals surface area contributed by atoms with Crippen molar-refractivity contribution < 1.29 is 9.66 Å². The largest absolute Gasteiger partial charge is 0.489 e. The molecule has 3 atom stereocenters. The predicted octanol–water partition coefficient (Wildman–Crippen LogP) is 2.19. The third-order valence-electron chi connectivity index (χ3n) is 3.33. The summed E-state index contributed by atoms with van der Waals surface area (Å²) in [5.41, 5.74) is 0.274. The van der Waals surface area contributed by atoms with Gasteiger partial charge < -0.3 is 4.74 Å². The van der Waals surface area contributed by atoms with E-state index in [1.165, 1.54) is 0 Å². The molecule has 1 fully saturated rings. The summed E-state index contributed by atoms with van der Waals surface area (Å²) in [6, 6.07) is 0. The second-order valence-electron chi connectivity index (χ2n) is 4.18. The van der Waals surface area contributed by atoms with E-state index >= 15 is 0 Å². The first-order chi connectivity index (χ1) is 7.77. The fourth-order valence-electron chi connectivity index (χ4n) is 2.63. The van der Waals surface area contributed by atoms with Gasteiger partial charge in [0.2, 0.25) is 0 Å². The molecule has 0 radical (unpaired) electrons. The van der Waals surface area contributed by atoms with E-state index in [9.17, 15) is 10.1 Å². The maximum absolute atomic E-state index is 11.0. The summed E-state index contributed by atoms with van der Waals surface area (Å²) in [7, 11) is 0. The minimum atomic E-state index is -0.286. The molecule has 1 heterocycles. The summed E-state index contributed by atoms with van der Waals surface area (Å²) in [5, 5.41) is 11.0. The average Bonchev–Trinajstić information content (AvgIpc) is 2.66. The summed E-state index contributed by atoms with van der Waals surface area (Å²) in [6.07, 6.45) is 11.8. The monoisotopic (exact) mass is 217 g/mol. The van der Waals surface area contributed by atoms with Crippen LogP contribution in [0.1, 0.15) is 6.42 Å². The highest BCUT2D eigenvalue weighted by molar-refractivity contribution is 5.31. The highest BCUT2D eigenvalue weighted by Crippen LogP contribution is 2.45. The maximum Gasteiger partial charge on any atom is 0.254 e. The number of fused-ring (bicyclic) bond motifs is 3. The molecule has 0 aromatic carbocycles. The minimum Gasteiger partial charge on any atom is -0.489 e. The van der Waals surface area contributed by atoms with Crippen molar-refractivity contribution in [1.29, 1.82) is 0 Å². The lowest BCUT2D eigenvalue weighted by Crippen LogP contribution is -2.26. The maximum atomic E-state index is 11.0. The molecule has 16 heavy (non-hydrogen) atoms. The molecule has 3 unspecified atom stereocenters. The van der Waals surface area contributed by atoms with Crippen LogP contribution in [0.25, 0.3) is 0 Å². The van der Waals surface area contributed by atoms with Crippen LogP contribution in [0.3, 0.4) is 0 Å². The van der Waals surface area contributed by atoms with Crippen LogP contribution in [0.2, 0.25) is 0 Å². The molecular formula is C12H11NO3. The SMILES string of the molecule is O=[N+]([O-])C1=CC=CC2OC3=CC=CCC3C12. The molecule has 0 N–H and O–H groups in total. The van der Waals surface area contributed by atoms with E-state index < -0.39 is 0 Å². The molecule has 3 aliphatic rings. The Morgan fingerprint density at radius 3 is 3.06 bits per heavy atom. The normalized spacial score (nSPS) is 34.6. The van der Waals surface area contributed by atoms with E-state index in [0.717, 1.165) is 12.2 Å². The van der Waals surface area contributed by atoms with Crippen LogP contribution in [0, 0.1) is 22.0 Å². The Kier molecular flexibility index (Phi) is 1.96. The van der Waals surface area contributed by atoms with Crippen LogP contribution >= 0.6 is 0 Å². The van der Waals surface area contributed by atoms with Crippen LogP contribution in [-0.4, -0.2) is 11.0 Å². The predicted molar refractivity (Wildman–Crippen MR) is 57.9 cm³/mol. The molecule has 0 saturated carbocycles. The third-order valence-corrected chi connectivity index (χ3v) is 3.33. The molecule has 2 aliphatic carbocycles. The zero-order valence-electron chi connectivity index (χ0n) is 8.58. The van der Waals surface area contributed by atoms with Crippen LogP contribution < -0.4 is 0 Å². The minimum absolute atomic E-state index is 0.129. The first-order valence-corrected chi connectivity index (χ1v) is 5.33. The van der Waals surface area contributed by atoms with Gasteiger partial charge in [0, 0.05) is 12.0 Å². The number of allylic oxidation sites excluding steroid dienone is 6. The second-order valence-corrected chi connectivity index (χ2v) is 4.18. The van der Waals surface area contributed by atoms with E-state index in [0.29, 0.717) is 0 Å². The van der Waals surface area contributed by atoms with Crippen molar-refractivity contribution in [2.24, 2.45) is 11.8 Å². The van der Waals surface area contributed by atoms with Gasteiger partial charge in [0.05, 0.1) is 4.92 Å². The van der Waals surface area contributed by atoms with Gasteiger partial charge >= 0.3 is 0 Å². The van der Waals surface area contributed by atoms with Gasteiger partial charge in [0.15, 0.2) is 0 Å². The van der Waals surface area contributed by atoms with Crippen molar-refractivity contribution in [3.63, 3.8) is 0 Å². The molecule has 0 aromatic heterocycles. The lowest BCUT2D eigenvalue weighted by Gasteiger charge is -2.18. The molecular weight excluding hydrogens is 206 g/mol. The topological polar surface area (TPSA) is 52.4 Å². The van der Waals surface area contributed by atoms with Crippen LogP contribution in [-0.2, 0) is 4.74 Å². The van der Waals surface area contributed by atoms with Gasteiger partial charge in [-0.15, -0.1) is 0 Å². The Morgan fingerprint density at radius 1 is 1.38 bits per heavy atom. The Balaban J connectivity index is 2.00. The van der Waals surface area contributed by atoms with Crippen molar-refractivity contribution in [1.82, 2.24) is 0 Å². The number of hydrogen-bond acceptors (Lipinski definition) is 3. The van der Waals surface area contributed by atoms with E-state index in [-0.39, 0.29) is 28.6 Å². The number of nitro groups is 1. The fraction of sp³-hybridized carbons (Fsp3) is 0.333. The Bertz CT molecular complexity index is 459. The molecule has 4 heteroatoms. The second kappa shape index (κ2) is 3.33. The van der Waals surface area contributed by atoms with Crippen LogP contribution in [0.5, 0.6) is 0 Å². The van der Waals surface area contributed by atoms with Gasteiger partial charge in [0.1, 0.15) is 17.8 Å². The van der Waals surface area contributed by atoms with Gasteiger partial charge in [-0.2, -0.15) is 0 Å². The smallest absolute Gasteiger partial charge is 0.254 e. The number of rotatable bonds is 1. The lowest BCUT2D eigenvalue weighted by atomic mass is 9.81. The molecule has 0 aromatic rings. The number of ether oxygens (including phenoxy) is 1. The van der Waals surface area contributed by atoms with Gasteiger partial charge in [-0.05, 0) is 18.6 Å². The van der Waals surface area contributed by atoms with Crippen LogP contribution in [0.4, 0.5) is 0 Å². The summed E-state index contributed by atoms with van der Waals surface area (Å²) in [6.45, 7) is 0. The van der Waals surface area contributed by atoms with Gasteiger partial charge in [-0.25, -0.2) is 0 Å². The van der Waals surface area contributed by atoms with Gasteiger partial charge in [0.25, 0.3) is 5.70 Å². The average molecular weight is 217 g/mol. The molecule has 4 nitrogen and oxygen atoms in total. The van der Waals surface area contributed by atoms with Crippen LogP contribution in [0.15, 0.2) is 47.9 Å². The van der Waals surface area contributed by atoms with E-state index in [4.69, 9.17) is 4.74 Å². The van der Waals surface area contributed by atoms with Crippen molar-refractivity contribution in [3.8, 4) is 0 Å². The third kappa shape index (κ3) is 1.23. The first-order valence-electron chi connectivity index (χ1n) is 5.33. The van der Waals surface area contributed by atoms with E-state index in [2.05, 4.69) is 0 Å². The lowest BCUT2D eigenvalue weighted by molar-refractivity contribution is -0.435. The standard InChI is InChI=1S/C12H11NO3/c14-13(15)9-5-3-7-11-12(9)8-4-1-2-6-10(8)16-11/h1-3,5-8,11-12H,4H2. The summed E-state index contributed by atoms with van der Waals surface area (Å²) < 4.78 is 5.73. The highest BCUT2D eigenvalue weighted by Gasteiger charge is 2.48. The molecule has 82 valence electrons. The molecule has 0 bridgehead atoms. The highest BCUT2D eigenvalue weighted by atomic mass is 16.6. The molecule has 0 spiro atoms. The number of nitrogens with zero attached hydrogens (tertiary/aromatic N) is 1.